The zero-order valence-electron chi connectivity index (χ0n) is 11.4. The molecule has 1 unspecified atom stereocenters. The summed E-state index contributed by atoms with van der Waals surface area (Å²) in [5.41, 5.74) is 2.19. The quantitative estimate of drug-likeness (QED) is 0.918. The lowest BCUT2D eigenvalue weighted by Gasteiger charge is -2.13. The molecule has 2 aliphatic heterocycles. The first-order chi connectivity index (χ1) is 10.4. The molecule has 1 aromatic heterocycles. The molecular formula is C14H15N3O4. The Kier molecular flexibility index (Phi) is 3.01. The second-order valence-electron chi connectivity index (χ2n) is 5.03. The van der Waals surface area contributed by atoms with E-state index in [-0.39, 0.29) is 19.5 Å². The number of hydrogen-bond acceptors (Lipinski definition) is 6. The fourth-order valence-electron chi connectivity index (χ4n) is 2.76. The molecule has 7 heteroatoms. The molecule has 2 aromatic rings. The van der Waals surface area contributed by atoms with Crippen molar-refractivity contribution in [3.63, 3.8) is 0 Å². The van der Waals surface area contributed by atoms with Crippen molar-refractivity contribution >= 4 is 0 Å². The Labute approximate surface area is 121 Å². The Balaban J connectivity index is 1.79. The van der Waals surface area contributed by atoms with Gasteiger partial charge in [0.25, 0.3) is 0 Å². The third kappa shape index (κ3) is 2.05. The lowest BCUT2D eigenvalue weighted by molar-refractivity contribution is 0.104. The number of nitrogens with zero attached hydrogens (tertiary/aromatic N) is 3. The van der Waals surface area contributed by atoms with Crippen molar-refractivity contribution < 1.29 is 19.3 Å². The Morgan fingerprint density at radius 3 is 3.00 bits per heavy atom. The average Bonchev–Trinajstić information content (AvgIpc) is 3.24. The molecule has 1 saturated heterocycles. The maximum Gasteiger partial charge on any atom is 0.231 e. The molecule has 0 radical (unpaired) electrons. The van der Waals surface area contributed by atoms with Crippen molar-refractivity contribution in [1.82, 2.24) is 15.0 Å². The zero-order valence-corrected chi connectivity index (χ0v) is 11.4. The van der Waals surface area contributed by atoms with Crippen LogP contribution in [0.2, 0.25) is 0 Å². The zero-order chi connectivity index (χ0) is 14.2. The van der Waals surface area contributed by atoms with E-state index < -0.39 is 0 Å². The summed E-state index contributed by atoms with van der Waals surface area (Å²) in [4.78, 5) is 0. The molecule has 1 aromatic carbocycles. The molecule has 2 aliphatic rings. The van der Waals surface area contributed by atoms with Gasteiger partial charge in [-0.15, -0.1) is 5.10 Å². The summed E-state index contributed by atoms with van der Waals surface area (Å²) in [6, 6.07) is 5.59. The molecule has 110 valence electrons. The van der Waals surface area contributed by atoms with Crippen LogP contribution in [-0.2, 0) is 11.3 Å². The SMILES string of the molecule is OCc1nnn(-c2ccc3c(c2)OCO3)c1C1CCCO1. The molecule has 0 amide bonds. The fourth-order valence-corrected chi connectivity index (χ4v) is 2.76. The lowest BCUT2D eigenvalue weighted by Crippen LogP contribution is -2.09. The first-order valence-corrected chi connectivity index (χ1v) is 6.94. The molecule has 7 nitrogen and oxygen atoms in total. The van der Waals surface area contributed by atoms with Gasteiger partial charge in [0.05, 0.1) is 18.0 Å². The van der Waals surface area contributed by atoms with E-state index in [0.29, 0.717) is 11.4 Å². The molecule has 0 spiro atoms. The molecule has 1 fully saturated rings. The standard InChI is InChI=1S/C14H15N3O4/c18-7-10-14(12-2-1-5-19-12)17(16-15-10)9-3-4-11-13(6-9)21-8-20-11/h3-4,6,12,18H,1-2,5,7-8H2. The topological polar surface area (TPSA) is 78.6 Å². The number of aliphatic hydroxyl groups excluding tert-OH is 1. The summed E-state index contributed by atoms with van der Waals surface area (Å²) in [7, 11) is 0. The molecule has 0 bridgehead atoms. The predicted molar refractivity (Wildman–Crippen MR) is 71.3 cm³/mol. The molecule has 3 heterocycles. The van der Waals surface area contributed by atoms with Crippen LogP contribution in [0.15, 0.2) is 18.2 Å². The highest BCUT2D eigenvalue weighted by Gasteiger charge is 2.27. The first-order valence-electron chi connectivity index (χ1n) is 6.94. The number of rotatable bonds is 3. The van der Waals surface area contributed by atoms with Crippen LogP contribution >= 0.6 is 0 Å². The van der Waals surface area contributed by atoms with Crippen molar-refractivity contribution in [3.05, 3.63) is 29.6 Å². The number of hydrogen-bond donors (Lipinski definition) is 1. The van der Waals surface area contributed by atoms with Gasteiger partial charge in [-0.1, -0.05) is 5.21 Å². The van der Waals surface area contributed by atoms with Gasteiger partial charge in [0, 0.05) is 12.7 Å². The number of benzene rings is 1. The summed E-state index contributed by atoms with van der Waals surface area (Å²) >= 11 is 0. The number of ether oxygens (including phenoxy) is 3. The Hall–Kier alpha value is -2.12. The number of aliphatic hydroxyl groups is 1. The van der Waals surface area contributed by atoms with Gasteiger partial charge in [-0.2, -0.15) is 0 Å². The molecule has 0 aliphatic carbocycles. The molecule has 21 heavy (non-hydrogen) atoms. The third-order valence-corrected chi connectivity index (χ3v) is 3.76. The van der Waals surface area contributed by atoms with Crippen molar-refractivity contribution in [1.29, 1.82) is 0 Å². The van der Waals surface area contributed by atoms with Gasteiger partial charge in [-0.3, -0.25) is 0 Å². The molecule has 1 atom stereocenters. The second kappa shape index (κ2) is 5.01. The van der Waals surface area contributed by atoms with Crippen LogP contribution in [0.3, 0.4) is 0 Å². The van der Waals surface area contributed by atoms with Gasteiger partial charge in [0.2, 0.25) is 6.79 Å². The van der Waals surface area contributed by atoms with E-state index in [1.807, 2.05) is 18.2 Å². The highest BCUT2D eigenvalue weighted by Crippen LogP contribution is 2.36. The average molecular weight is 289 g/mol. The maximum atomic E-state index is 9.48. The van der Waals surface area contributed by atoms with Crippen LogP contribution in [0.1, 0.15) is 30.3 Å². The van der Waals surface area contributed by atoms with E-state index in [0.717, 1.165) is 36.6 Å². The van der Waals surface area contributed by atoms with Crippen LogP contribution in [0, 0.1) is 0 Å². The van der Waals surface area contributed by atoms with Gasteiger partial charge in [-0.05, 0) is 25.0 Å². The van der Waals surface area contributed by atoms with Gasteiger partial charge < -0.3 is 19.3 Å². The molecule has 1 N–H and O–H groups in total. The minimum atomic E-state index is -0.153. The summed E-state index contributed by atoms with van der Waals surface area (Å²) in [5, 5.41) is 17.7. The number of aromatic nitrogens is 3. The van der Waals surface area contributed by atoms with E-state index in [2.05, 4.69) is 10.3 Å². The van der Waals surface area contributed by atoms with Gasteiger partial charge in [0.15, 0.2) is 11.5 Å². The third-order valence-electron chi connectivity index (χ3n) is 3.76. The van der Waals surface area contributed by atoms with E-state index in [1.54, 1.807) is 4.68 Å². The summed E-state index contributed by atoms with van der Waals surface area (Å²) in [6.45, 7) is 0.804. The second-order valence-corrected chi connectivity index (χ2v) is 5.03. The van der Waals surface area contributed by atoms with Crippen LogP contribution in [-0.4, -0.2) is 33.5 Å². The Morgan fingerprint density at radius 1 is 1.29 bits per heavy atom. The fraction of sp³-hybridized carbons (Fsp3) is 0.429. The predicted octanol–water partition coefficient (Wildman–Crippen LogP) is 1.34. The van der Waals surface area contributed by atoms with Crippen molar-refractivity contribution in [3.8, 4) is 17.2 Å². The summed E-state index contributed by atoms with van der Waals surface area (Å²) in [6.07, 6.45) is 1.83. The van der Waals surface area contributed by atoms with E-state index in [9.17, 15) is 5.11 Å². The largest absolute Gasteiger partial charge is 0.454 e. The molecule has 0 saturated carbocycles. The van der Waals surface area contributed by atoms with Gasteiger partial charge in [-0.25, -0.2) is 4.68 Å². The minimum Gasteiger partial charge on any atom is -0.454 e. The minimum absolute atomic E-state index is 0.0763. The van der Waals surface area contributed by atoms with Gasteiger partial charge in [0.1, 0.15) is 11.8 Å². The molecule has 4 rings (SSSR count). The summed E-state index contributed by atoms with van der Waals surface area (Å²) in [5.74, 6) is 1.41. The van der Waals surface area contributed by atoms with Crippen molar-refractivity contribution in [2.75, 3.05) is 13.4 Å². The van der Waals surface area contributed by atoms with Crippen LogP contribution in [0.4, 0.5) is 0 Å². The highest BCUT2D eigenvalue weighted by molar-refractivity contribution is 5.50. The van der Waals surface area contributed by atoms with Gasteiger partial charge >= 0.3 is 0 Å². The van der Waals surface area contributed by atoms with Crippen LogP contribution in [0.25, 0.3) is 5.69 Å². The first kappa shape index (κ1) is 12.6. The van der Waals surface area contributed by atoms with Crippen LogP contribution in [0.5, 0.6) is 11.5 Å². The monoisotopic (exact) mass is 289 g/mol. The van der Waals surface area contributed by atoms with E-state index in [1.165, 1.54) is 0 Å². The van der Waals surface area contributed by atoms with Crippen molar-refractivity contribution in [2.24, 2.45) is 0 Å². The van der Waals surface area contributed by atoms with E-state index in [4.69, 9.17) is 14.2 Å². The molecular weight excluding hydrogens is 274 g/mol. The van der Waals surface area contributed by atoms with E-state index >= 15 is 0 Å². The van der Waals surface area contributed by atoms with Crippen molar-refractivity contribution in [2.45, 2.75) is 25.6 Å². The van der Waals surface area contributed by atoms with Crippen LogP contribution < -0.4 is 9.47 Å². The number of fused-ring (bicyclic) bond motifs is 1. The smallest absolute Gasteiger partial charge is 0.231 e. The highest BCUT2D eigenvalue weighted by atomic mass is 16.7. The lowest BCUT2D eigenvalue weighted by atomic mass is 10.1. The maximum absolute atomic E-state index is 9.48. The summed E-state index contributed by atoms with van der Waals surface area (Å²) < 4.78 is 18.1. The Morgan fingerprint density at radius 2 is 2.19 bits per heavy atom. The normalized spacial score (nSPS) is 20.1. The Bertz CT molecular complexity index is 664.